The molecule has 5 heteroatoms. The van der Waals surface area contributed by atoms with Gasteiger partial charge in [0, 0.05) is 38.6 Å². The van der Waals surface area contributed by atoms with Crippen LogP contribution in [-0.2, 0) is 9.59 Å². The zero-order valence-corrected chi connectivity index (χ0v) is 13.4. The SMILES string of the molecule is CCC(CC)(CN)C(=O)N1CCC(N2CCCC2=O)CC1. The van der Waals surface area contributed by atoms with Gasteiger partial charge in [-0.25, -0.2) is 0 Å². The Morgan fingerprint density at radius 2 is 1.86 bits per heavy atom. The Hall–Kier alpha value is -1.10. The van der Waals surface area contributed by atoms with Gasteiger partial charge >= 0.3 is 0 Å². The number of carbonyl (C=O) groups is 2. The first-order chi connectivity index (χ1) is 10.1. The summed E-state index contributed by atoms with van der Waals surface area (Å²) in [5.74, 6) is 0.499. The Bertz CT molecular complexity index is 377. The minimum atomic E-state index is -0.393. The summed E-state index contributed by atoms with van der Waals surface area (Å²) < 4.78 is 0. The van der Waals surface area contributed by atoms with Crippen LogP contribution in [0.1, 0.15) is 52.4 Å². The molecular formula is C16H29N3O2. The maximum Gasteiger partial charge on any atom is 0.230 e. The second kappa shape index (κ2) is 6.77. The lowest BCUT2D eigenvalue weighted by atomic mass is 9.80. The molecule has 0 saturated carbocycles. The summed E-state index contributed by atoms with van der Waals surface area (Å²) in [6, 6.07) is 0.333. The van der Waals surface area contributed by atoms with E-state index in [1.165, 1.54) is 0 Å². The zero-order chi connectivity index (χ0) is 15.5. The molecule has 2 heterocycles. The molecule has 120 valence electrons. The molecule has 2 fully saturated rings. The molecular weight excluding hydrogens is 266 g/mol. The molecule has 0 bridgehead atoms. The van der Waals surface area contributed by atoms with Crippen LogP contribution in [0, 0.1) is 5.41 Å². The predicted molar refractivity (Wildman–Crippen MR) is 82.6 cm³/mol. The fraction of sp³-hybridized carbons (Fsp3) is 0.875. The van der Waals surface area contributed by atoms with E-state index in [0.29, 0.717) is 19.0 Å². The van der Waals surface area contributed by atoms with E-state index in [9.17, 15) is 9.59 Å². The van der Waals surface area contributed by atoms with Gasteiger partial charge in [-0.2, -0.15) is 0 Å². The average molecular weight is 295 g/mol. The van der Waals surface area contributed by atoms with Crippen molar-refractivity contribution < 1.29 is 9.59 Å². The van der Waals surface area contributed by atoms with Crippen LogP contribution in [0.25, 0.3) is 0 Å². The summed E-state index contributed by atoms with van der Waals surface area (Å²) in [5.41, 5.74) is 5.49. The normalized spacial score (nSPS) is 21.2. The number of piperidine rings is 1. The van der Waals surface area contributed by atoms with Crippen LogP contribution in [0.3, 0.4) is 0 Å². The second-order valence-corrected chi connectivity index (χ2v) is 6.41. The summed E-state index contributed by atoms with van der Waals surface area (Å²) in [5, 5.41) is 0. The largest absolute Gasteiger partial charge is 0.342 e. The second-order valence-electron chi connectivity index (χ2n) is 6.41. The highest BCUT2D eigenvalue weighted by Crippen LogP contribution is 2.30. The topological polar surface area (TPSA) is 66.6 Å². The molecule has 0 aromatic carbocycles. The molecule has 0 atom stereocenters. The van der Waals surface area contributed by atoms with Crippen molar-refractivity contribution in [1.29, 1.82) is 0 Å². The van der Waals surface area contributed by atoms with E-state index < -0.39 is 5.41 Å². The number of amides is 2. The minimum absolute atomic E-state index is 0.209. The monoisotopic (exact) mass is 295 g/mol. The maximum absolute atomic E-state index is 12.8. The molecule has 0 aromatic rings. The summed E-state index contributed by atoms with van der Waals surface area (Å²) >= 11 is 0. The predicted octanol–water partition coefficient (Wildman–Crippen LogP) is 1.36. The first kappa shape index (κ1) is 16.3. The first-order valence-electron chi connectivity index (χ1n) is 8.37. The lowest BCUT2D eigenvalue weighted by molar-refractivity contribution is -0.144. The molecule has 0 aromatic heterocycles. The van der Waals surface area contributed by atoms with Crippen LogP contribution in [0.2, 0.25) is 0 Å². The van der Waals surface area contributed by atoms with Gasteiger partial charge in [0.15, 0.2) is 0 Å². The Morgan fingerprint density at radius 1 is 1.24 bits per heavy atom. The fourth-order valence-electron chi connectivity index (χ4n) is 3.70. The molecule has 2 rings (SSSR count). The molecule has 2 N–H and O–H groups in total. The van der Waals surface area contributed by atoms with Crippen molar-refractivity contribution in [3.63, 3.8) is 0 Å². The lowest BCUT2D eigenvalue weighted by Gasteiger charge is -2.41. The molecule has 21 heavy (non-hydrogen) atoms. The van der Waals surface area contributed by atoms with E-state index in [4.69, 9.17) is 5.73 Å². The van der Waals surface area contributed by atoms with Gasteiger partial charge in [0.25, 0.3) is 0 Å². The highest BCUT2D eigenvalue weighted by Gasteiger charge is 2.39. The van der Waals surface area contributed by atoms with Crippen LogP contribution in [0.4, 0.5) is 0 Å². The Kier molecular flexibility index (Phi) is 5.25. The molecule has 2 aliphatic rings. The third-order valence-corrected chi connectivity index (χ3v) is 5.50. The van der Waals surface area contributed by atoms with E-state index in [-0.39, 0.29) is 11.8 Å². The quantitative estimate of drug-likeness (QED) is 0.833. The molecule has 0 spiro atoms. The Labute approximate surface area is 127 Å². The van der Waals surface area contributed by atoms with Crippen LogP contribution in [0.15, 0.2) is 0 Å². The van der Waals surface area contributed by atoms with Crippen LogP contribution < -0.4 is 5.73 Å². The summed E-state index contributed by atoms with van der Waals surface area (Å²) in [6.45, 7) is 6.93. The van der Waals surface area contributed by atoms with Gasteiger partial charge in [-0.3, -0.25) is 9.59 Å². The Morgan fingerprint density at radius 3 is 2.29 bits per heavy atom. The summed E-state index contributed by atoms with van der Waals surface area (Å²) in [4.78, 5) is 28.6. The van der Waals surface area contributed by atoms with E-state index >= 15 is 0 Å². The highest BCUT2D eigenvalue weighted by molar-refractivity contribution is 5.83. The van der Waals surface area contributed by atoms with Gasteiger partial charge in [-0.15, -0.1) is 0 Å². The standard InChI is InChI=1S/C16H29N3O2/c1-3-16(4-2,12-17)15(21)18-10-7-13(8-11-18)19-9-5-6-14(19)20/h13H,3-12,17H2,1-2H3. The van der Waals surface area contributed by atoms with E-state index in [1.54, 1.807) is 0 Å². The molecule has 0 unspecified atom stereocenters. The summed E-state index contributed by atoms with van der Waals surface area (Å²) in [7, 11) is 0. The number of nitrogens with two attached hydrogens (primary N) is 1. The summed E-state index contributed by atoms with van der Waals surface area (Å²) in [6.07, 6.45) is 5.09. The first-order valence-corrected chi connectivity index (χ1v) is 8.37. The molecule has 2 aliphatic heterocycles. The van der Waals surface area contributed by atoms with Gasteiger partial charge in [0.05, 0.1) is 5.41 Å². The van der Waals surface area contributed by atoms with Gasteiger partial charge in [0.2, 0.25) is 11.8 Å². The number of hydrogen-bond acceptors (Lipinski definition) is 3. The van der Waals surface area contributed by atoms with E-state index in [2.05, 4.69) is 0 Å². The van der Waals surface area contributed by atoms with Crippen LogP contribution >= 0.6 is 0 Å². The smallest absolute Gasteiger partial charge is 0.230 e. The van der Waals surface area contributed by atoms with Gasteiger partial charge in [-0.05, 0) is 32.1 Å². The fourth-order valence-corrected chi connectivity index (χ4v) is 3.70. The van der Waals surface area contributed by atoms with Crippen molar-refractivity contribution in [2.45, 2.75) is 58.4 Å². The van der Waals surface area contributed by atoms with Gasteiger partial charge < -0.3 is 15.5 Å². The molecule has 0 radical (unpaired) electrons. The van der Waals surface area contributed by atoms with Gasteiger partial charge in [0.1, 0.15) is 0 Å². The molecule has 0 aliphatic carbocycles. The van der Waals surface area contributed by atoms with Crippen molar-refractivity contribution in [2.75, 3.05) is 26.2 Å². The number of hydrogen-bond donors (Lipinski definition) is 1. The third-order valence-electron chi connectivity index (χ3n) is 5.50. The van der Waals surface area contributed by atoms with Crippen molar-refractivity contribution in [3.05, 3.63) is 0 Å². The van der Waals surface area contributed by atoms with E-state index in [0.717, 1.165) is 51.7 Å². The maximum atomic E-state index is 12.8. The van der Waals surface area contributed by atoms with Crippen molar-refractivity contribution in [3.8, 4) is 0 Å². The zero-order valence-electron chi connectivity index (χ0n) is 13.4. The number of nitrogens with zero attached hydrogens (tertiary/aromatic N) is 2. The number of likely N-dealkylation sites (tertiary alicyclic amines) is 2. The van der Waals surface area contributed by atoms with Gasteiger partial charge in [-0.1, -0.05) is 13.8 Å². The number of carbonyl (C=O) groups excluding carboxylic acids is 2. The van der Waals surface area contributed by atoms with Crippen molar-refractivity contribution in [1.82, 2.24) is 9.80 Å². The van der Waals surface area contributed by atoms with Crippen molar-refractivity contribution >= 4 is 11.8 Å². The molecule has 5 nitrogen and oxygen atoms in total. The average Bonchev–Trinajstić information content (AvgIpc) is 2.96. The van der Waals surface area contributed by atoms with E-state index in [1.807, 2.05) is 23.6 Å². The molecule has 2 saturated heterocycles. The lowest BCUT2D eigenvalue weighted by Crippen LogP contribution is -2.53. The third kappa shape index (κ3) is 3.07. The van der Waals surface area contributed by atoms with Crippen molar-refractivity contribution in [2.24, 2.45) is 11.1 Å². The van der Waals surface area contributed by atoms with Crippen LogP contribution in [0.5, 0.6) is 0 Å². The molecule has 2 amide bonds. The Balaban J connectivity index is 1.94. The highest BCUT2D eigenvalue weighted by atomic mass is 16.2. The minimum Gasteiger partial charge on any atom is -0.342 e. The number of rotatable bonds is 5. The van der Waals surface area contributed by atoms with Crippen LogP contribution in [-0.4, -0.2) is 53.8 Å².